The summed E-state index contributed by atoms with van der Waals surface area (Å²) in [4.78, 5) is 0. The van der Waals surface area contributed by atoms with Crippen LogP contribution in [0.1, 0.15) is 18.9 Å². The van der Waals surface area contributed by atoms with Crippen molar-refractivity contribution in [3.8, 4) is 5.75 Å². The average Bonchev–Trinajstić information content (AvgIpc) is 2.33. The van der Waals surface area contributed by atoms with E-state index >= 15 is 0 Å². The zero-order valence-corrected chi connectivity index (χ0v) is 12.4. The highest BCUT2D eigenvalue weighted by atomic mass is 35.5. The number of halogens is 2. The lowest BCUT2D eigenvalue weighted by molar-refractivity contribution is 0.165. The van der Waals surface area contributed by atoms with Gasteiger partial charge in [0.05, 0.1) is 6.10 Å². The Morgan fingerprint density at radius 2 is 2.17 bits per heavy atom. The summed E-state index contributed by atoms with van der Waals surface area (Å²) in [5.41, 5.74) is 1.01. The van der Waals surface area contributed by atoms with Crippen LogP contribution in [0, 0.1) is 6.92 Å². The second-order valence-electron chi connectivity index (χ2n) is 4.03. The standard InChI is InChI=1S/C13H20ClNO2.ClH/c1-3-11(16)9-15-6-7-17-12-4-5-13(14)10(2)8-12;/h4-5,8,11,15-16H,3,6-7,9H2,1-2H3;1H/t11-;/m1./s1. The van der Waals surface area contributed by atoms with Crippen molar-refractivity contribution in [1.82, 2.24) is 5.32 Å². The summed E-state index contributed by atoms with van der Waals surface area (Å²) in [6.07, 6.45) is 0.498. The largest absolute Gasteiger partial charge is 0.492 e. The SMILES string of the molecule is CC[C@@H](O)CNCCOc1ccc(Cl)c(C)c1.Cl. The predicted octanol–water partition coefficient (Wildman–Crippen LogP) is 2.81. The van der Waals surface area contributed by atoms with E-state index < -0.39 is 0 Å². The Labute approximate surface area is 120 Å². The van der Waals surface area contributed by atoms with Crippen LogP contribution in [0.4, 0.5) is 0 Å². The number of ether oxygens (including phenoxy) is 1. The Morgan fingerprint density at radius 1 is 1.44 bits per heavy atom. The Morgan fingerprint density at radius 3 is 2.78 bits per heavy atom. The fourth-order valence-corrected chi connectivity index (χ4v) is 1.48. The number of nitrogens with one attached hydrogen (secondary N) is 1. The number of hydrogen-bond acceptors (Lipinski definition) is 3. The van der Waals surface area contributed by atoms with Crippen molar-refractivity contribution in [1.29, 1.82) is 0 Å². The molecule has 0 heterocycles. The molecule has 2 N–H and O–H groups in total. The molecule has 0 saturated carbocycles. The predicted molar refractivity (Wildman–Crippen MR) is 78.1 cm³/mol. The van der Waals surface area contributed by atoms with Gasteiger partial charge in [-0.25, -0.2) is 0 Å². The summed E-state index contributed by atoms with van der Waals surface area (Å²) >= 11 is 5.92. The van der Waals surface area contributed by atoms with Gasteiger partial charge in [0, 0.05) is 18.1 Å². The quantitative estimate of drug-likeness (QED) is 0.760. The van der Waals surface area contributed by atoms with Gasteiger partial charge < -0.3 is 15.2 Å². The van der Waals surface area contributed by atoms with Crippen LogP contribution in [0.15, 0.2) is 18.2 Å². The third kappa shape index (κ3) is 6.45. The highest BCUT2D eigenvalue weighted by Crippen LogP contribution is 2.20. The van der Waals surface area contributed by atoms with Gasteiger partial charge in [0.15, 0.2) is 0 Å². The number of aliphatic hydroxyl groups is 1. The first-order chi connectivity index (χ1) is 8.13. The van der Waals surface area contributed by atoms with Crippen LogP contribution in [-0.2, 0) is 0 Å². The molecular weight excluding hydrogens is 273 g/mol. The number of rotatable bonds is 7. The lowest BCUT2D eigenvalue weighted by Gasteiger charge is -2.11. The van der Waals surface area contributed by atoms with Crippen molar-refractivity contribution in [2.24, 2.45) is 0 Å². The third-order valence-corrected chi connectivity index (χ3v) is 2.95. The average molecular weight is 294 g/mol. The highest BCUT2D eigenvalue weighted by molar-refractivity contribution is 6.31. The molecule has 104 valence electrons. The number of aryl methyl sites for hydroxylation is 1. The number of aliphatic hydroxyl groups excluding tert-OH is 1. The molecule has 1 atom stereocenters. The van der Waals surface area contributed by atoms with Crippen LogP contribution in [0.2, 0.25) is 5.02 Å². The maximum Gasteiger partial charge on any atom is 0.119 e. The summed E-state index contributed by atoms with van der Waals surface area (Å²) in [6, 6.07) is 5.61. The van der Waals surface area contributed by atoms with E-state index in [1.807, 2.05) is 32.0 Å². The Bertz CT molecular complexity index is 348. The molecule has 0 aliphatic heterocycles. The molecule has 0 radical (unpaired) electrons. The fourth-order valence-electron chi connectivity index (χ4n) is 1.36. The Balaban J connectivity index is 0.00000289. The zero-order valence-electron chi connectivity index (χ0n) is 10.8. The van der Waals surface area contributed by atoms with Gasteiger partial charge in [0.2, 0.25) is 0 Å². The van der Waals surface area contributed by atoms with Crippen molar-refractivity contribution in [2.75, 3.05) is 19.7 Å². The normalized spacial score (nSPS) is 11.8. The van der Waals surface area contributed by atoms with Gasteiger partial charge in [-0.2, -0.15) is 0 Å². The summed E-state index contributed by atoms with van der Waals surface area (Å²) in [5, 5.41) is 13.2. The topological polar surface area (TPSA) is 41.5 Å². The molecule has 0 fully saturated rings. The molecule has 1 rings (SSSR count). The summed E-state index contributed by atoms with van der Waals surface area (Å²) in [6.45, 7) is 5.82. The van der Waals surface area contributed by atoms with E-state index in [-0.39, 0.29) is 18.5 Å². The monoisotopic (exact) mass is 293 g/mol. The van der Waals surface area contributed by atoms with Gasteiger partial charge in [0.1, 0.15) is 12.4 Å². The molecule has 0 spiro atoms. The smallest absolute Gasteiger partial charge is 0.119 e. The molecule has 0 amide bonds. The molecule has 0 unspecified atom stereocenters. The second kappa shape index (κ2) is 9.45. The maximum atomic E-state index is 9.32. The van der Waals surface area contributed by atoms with Gasteiger partial charge in [-0.05, 0) is 37.1 Å². The summed E-state index contributed by atoms with van der Waals surface area (Å²) in [7, 11) is 0. The van der Waals surface area contributed by atoms with Gasteiger partial charge in [0.25, 0.3) is 0 Å². The molecule has 5 heteroatoms. The number of hydrogen-bond donors (Lipinski definition) is 2. The second-order valence-corrected chi connectivity index (χ2v) is 4.43. The molecule has 0 saturated heterocycles. The van der Waals surface area contributed by atoms with E-state index in [2.05, 4.69) is 5.32 Å². The molecule has 0 aliphatic carbocycles. The first-order valence-corrected chi connectivity index (χ1v) is 6.29. The number of benzene rings is 1. The first-order valence-electron chi connectivity index (χ1n) is 5.91. The van der Waals surface area contributed by atoms with E-state index in [0.717, 1.165) is 29.3 Å². The van der Waals surface area contributed by atoms with Crippen LogP contribution < -0.4 is 10.1 Å². The molecule has 0 aromatic heterocycles. The summed E-state index contributed by atoms with van der Waals surface area (Å²) < 4.78 is 5.55. The lowest BCUT2D eigenvalue weighted by atomic mass is 10.2. The van der Waals surface area contributed by atoms with Crippen LogP contribution in [0.3, 0.4) is 0 Å². The van der Waals surface area contributed by atoms with Gasteiger partial charge in [-0.15, -0.1) is 12.4 Å². The van der Waals surface area contributed by atoms with Crippen molar-refractivity contribution in [3.63, 3.8) is 0 Å². The molecule has 0 aliphatic rings. The van der Waals surface area contributed by atoms with Crippen LogP contribution >= 0.6 is 24.0 Å². The summed E-state index contributed by atoms with van der Waals surface area (Å²) in [5.74, 6) is 0.824. The van der Waals surface area contributed by atoms with Crippen LogP contribution in [0.5, 0.6) is 5.75 Å². The molecular formula is C13H21Cl2NO2. The minimum Gasteiger partial charge on any atom is -0.492 e. The van der Waals surface area contributed by atoms with Gasteiger partial charge in [-0.1, -0.05) is 18.5 Å². The minimum atomic E-state index is -0.271. The molecule has 1 aromatic carbocycles. The Hall–Kier alpha value is -0.480. The third-order valence-electron chi connectivity index (χ3n) is 2.53. The van der Waals surface area contributed by atoms with E-state index in [1.54, 1.807) is 0 Å². The molecule has 0 bridgehead atoms. The van der Waals surface area contributed by atoms with Gasteiger partial charge >= 0.3 is 0 Å². The van der Waals surface area contributed by atoms with E-state index in [9.17, 15) is 5.11 Å². The van der Waals surface area contributed by atoms with Crippen molar-refractivity contribution in [2.45, 2.75) is 26.4 Å². The minimum absolute atomic E-state index is 0. The lowest BCUT2D eigenvalue weighted by Crippen LogP contribution is -2.29. The van der Waals surface area contributed by atoms with Gasteiger partial charge in [-0.3, -0.25) is 0 Å². The van der Waals surface area contributed by atoms with E-state index in [1.165, 1.54) is 0 Å². The van der Waals surface area contributed by atoms with Crippen LogP contribution in [0.25, 0.3) is 0 Å². The first kappa shape index (κ1) is 17.5. The zero-order chi connectivity index (χ0) is 12.7. The maximum absolute atomic E-state index is 9.32. The van der Waals surface area contributed by atoms with E-state index in [0.29, 0.717) is 13.2 Å². The molecule has 1 aromatic rings. The van der Waals surface area contributed by atoms with Crippen molar-refractivity contribution in [3.05, 3.63) is 28.8 Å². The van der Waals surface area contributed by atoms with Crippen LogP contribution in [-0.4, -0.2) is 30.9 Å². The Kier molecular flexibility index (Phi) is 9.20. The molecule has 18 heavy (non-hydrogen) atoms. The van der Waals surface area contributed by atoms with Crippen molar-refractivity contribution < 1.29 is 9.84 Å². The fraction of sp³-hybridized carbons (Fsp3) is 0.538. The van der Waals surface area contributed by atoms with Crippen molar-refractivity contribution >= 4 is 24.0 Å². The molecule has 3 nitrogen and oxygen atoms in total. The highest BCUT2D eigenvalue weighted by Gasteiger charge is 2.00. The van der Waals surface area contributed by atoms with E-state index in [4.69, 9.17) is 16.3 Å².